The van der Waals surface area contributed by atoms with Gasteiger partial charge in [0.2, 0.25) is 11.9 Å². The molecule has 33 heavy (non-hydrogen) atoms. The van der Waals surface area contributed by atoms with Crippen molar-refractivity contribution >= 4 is 33.2 Å². The maximum absolute atomic E-state index is 12.9. The Labute approximate surface area is 196 Å². The lowest BCUT2D eigenvalue weighted by molar-refractivity contribution is -0.130. The Kier molecular flexibility index (Phi) is 6.13. The number of carbonyl (C=O) groups excluding carboxylic acids is 1. The van der Waals surface area contributed by atoms with E-state index < -0.39 is 10.0 Å². The van der Waals surface area contributed by atoms with E-state index in [0.29, 0.717) is 49.4 Å². The fourth-order valence-electron chi connectivity index (χ4n) is 4.18. The molecule has 12 heteroatoms. The number of sulfonamides is 1. The molecule has 0 aliphatic carbocycles. The van der Waals surface area contributed by atoms with Gasteiger partial charge in [-0.1, -0.05) is 23.3 Å². The molecule has 0 atom stereocenters. The van der Waals surface area contributed by atoms with Gasteiger partial charge in [-0.2, -0.15) is 8.99 Å². The van der Waals surface area contributed by atoms with Gasteiger partial charge in [0.05, 0.1) is 12.1 Å². The van der Waals surface area contributed by atoms with Gasteiger partial charge in [-0.15, -0.1) is 11.3 Å². The highest BCUT2D eigenvalue weighted by molar-refractivity contribution is 7.91. The van der Waals surface area contributed by atoms with Crippen molar-refractivity contribution in [2.24, 2.45) is 0 Å². The van der Waals surface area contributed by atoms with E-state index in [0.717, 1.165) is 23.4 Å². The number of amides is 1. The Morgan fingerprint density at radius 1 is 0.939 bits per heavy atom. The molecule has 10 nitrogen and oxygen atoms in total. The number of aromatic nitrogens is 4. The highest BCUT2D eigenvalue weighted by Gasteiger charge is 2.29. The third kappa shape index (κ3) is 4.50. The van der Waals surface area contributed by atoms with Crippen molar-refractivity contribution in [3.63, 3.8) is 0 Å². The second kappa shape index (κ2) is 9.20. The largest absolute Gasteiger partial charge is 0.339 e. The van der Waals surface area contributed by atoms with Crippen LogP contribution in [-0.4, -0.2) is 83.0 Å². The van der Waals surface area contributed by atoms with E-state index in [1.807, 2.05) is 35.2 Å². The molecular formula is C21H25N7O3S2. The molecule has 0 N–H and O–H groups in total. The predicted octanol–water partition coefficient (Wildman–Crippen LogP) is 1.40. The summed E-state index contributed by atoms with van der Waals surface area (Å²) in [6.45, 7) is 3.52. The number of nitrogens with zero attached hydrogens (tertiary/aromatic N) is 7. The number of para-hydroxylation sites is 1. The number of thiophene rings is 1. The second-order valence-electron chi connectivity index (χ2n) is 8.10. The van der Waals surface area contributed by atoms with E-state index in [2.05, 4.69) is 20.4 Å². The van der Waals surface area contributed by atoms with Crippen LogP contribution in [0.1, 0.15) is 17.7 Å². The molecule has 0 saturated carbocycles. The number of tetrazole rings is 1. The summed E-state index contributed by atoms with van der Waals surface area (Å²) in [5, 5.41) is 12.1. The zero-order valence-electron chi connectivity index (χ0n) is 18.1. The lowest BCUT2D eigenvalue weighted by Crippen LogP contribution is -2.49. The van der Waals surface area contributed by atoms with Crippen LogP contribution in [0.2, 0.25) is 0 Å². The number of benzene rings is 1. The molecule has 2 aliphatic rings. The maximum Gasteiger partial charge on any atom is 0.252 e. The first-order valence-electron chi connectivity index (χ1n) is 11.0. The Morgan fingerprint density at radius 3 is 2.39 bits per heavy atom. The molecular weight excluding hydrogens is 462 g/mol. The number of hydrogen-bond donors (Lipinski definition) is 0. The van der Waals surface area contributed by atoms with Crippen molar-refractivity contribution in [3.8, 4) is 5.69 Å². The Bertz CT molecular complexity index is 1210. The molecule has 0 unspecified atom stereocenters. The fraction of sp³-hybridized carbons (Fsp3) is 0.429. The van der Waals surface area contributed by atoms with Crippen LogP contribution in [0.15, 0.2) is 46.7 Å². The minimum atomic E-state index is -3.44. The quantitative estimate of drug-likeness (QED) is 0.518. The van der Waals surface area contributed by atoms with Gasteiger partial charge in [0.1, 0.15) is 4.21 Å². The summed E-state index contributed by atoms with van der Waals surface area (Å²) in [7, 11) is -3.44. The van der Waals surface area contributed by atoms with Crippen molar-refractivity contribution in [1.82, 2.24) is 29.4 Å². The molecule has 2 fully saturated rings. The number of anilines is 1. The van der Waals surface area contributed by atoms with Crippen molar-refractivity contribution in [2.45, 2.75) is 23.5 Å². The summed E-state index contributed by atoms with van der Waals surface area (Å²) in [5.41, 5.74) is 0.883. The van der Waals surface area contributed by atoms with Gasteiger partial charge in [-0.25, -0.2) is 8.42 Å². The van der Waals surface area contributed by atoms with Crippen LogP contribution in [0.3, 0.4) is 0 Å². The molecule has 2 aromatic heterocycles. The van der Waals surface area contributed by atoms with Crippen molar-refractivity contribution in [1.29, 1.82) is 0 Å². The summed E-state index contributed by atoms with van der Waals surface area (Å²) < 4.78 is 29.0. The van der Waals surface area contributed by atoms with Gasteiger partial charge >= 0.3 is 0 Å². The minimum Gasteiger partial charge on any atom is -0.339 e. The summed E-state index contributed by atoms with van der Waals surface area (Å²) in [5.74, 6) is 0.660. The lowest BCUT2D eigenvalue weighted by Gasteiger charge is -2.34. The van der Waals surface area contributed by atoms with Crippen molar-refractivity contribution in [3.05, 3.63) is 47.3 Å². The van der Waals surface area contributed by atoms with Crippen molar-refractivity contribution < 1.29 is 13.2 Å². The first-order chi connectivity index (χ1) is 16.0. The standard InChI is InChI=1S/C21H25N7O3S2/c29-19(16-18-8-9-20(32-18)33(30,31)27-10-4-5-11-27)25-12-14-26(15-13-25)21-22-23-24-28(21)17-6-2-1-3-7-17/h1-3,6-9H,4-5,10-16H2. The smallest absolute Gasteiger partial charge is 0.252 e. The molecule has 1 amide bonds. The third-order valence-electron chi connectivity index (χ3n) is 5.99. The summed E-state index contributed by atoms with van der Waals surface area (Å²) in [6.07, 6.45) is 2.02. The summed E-state index contributed by atoms with van der Waals surface area (Å²) in [6, 6.07) is 13.1. The number of rotatable bonds is 6. The van der Waals surface area contributed by atoms with Gasteiger partial charge in [0.25, 0.3) is 10.0 Å². The number of hydrogen-bond acceptors (Lipinski definition) is 8. The zero-order valence-corrected chi connectivity index (χ0v) is 19.7. The Morgan fingerprint density at radius 2 is 1.67 bits per heavy atom. The van der Waals surface area contributed by atoms with Gasteiger partial charge in [-0.3, -0.25) is 4.79 Å². The number of piperazine rings is 1. The Hall–Kier alpha value is -2.83. The lowest BCUT2D eigenvalue weighted by atomic mass is 10.2. The van der Waals surface area contributed by atoms with Crippen LogP contribution in [0, 0.1) is 0 Å². The van der Waals surface area contributed by atoms with Gasteiger partial charge in [0.15, 0.2) is 0 Å². The molecule has 3 aromatic rings. The van der Waals surface area contributed by atoms with Gasteiger partial charge < -0.3 is 9.80 Å². The van der Waals surface area contributed by atoms with Crippen LogP contribution in [0.4, 0.5) is 5.95 Å². The Balaban J connectivity index is 1.19. The average molecular weight is 488 g/mol. The summed E-state index contributed by atoms with van der Waals surface area (Å²) >= 11 is 1.20. The molecule has 1 aromatic carbocycles. The van der Waals surface area contributed by atoms with Gasteiger partial charge in [-0.05, 0) is 47.5 Å². The van der Waals surface area contributed by atoms with Crippen LogP contribution >= 0.6 is 11.3 Å². The van der Waals surface area contributed by atoms with Crippen LogP contribution < -0.4 is 4.90 Å². The molecule has 5 rings (SSSR count). The first kappa shape index (κ1) is 22.0. The van der Waals surface area contributed by atoms with E-state index in [1.165, 1.54) is 15.6 Å². The average Bonchev–Trinajstić information content (AvgIpc) is 3.62. The molecule has 2 saturated heterocycles. The van der Waals surface area contributed by atoms with Gasteiger partial charge in [0, 0.05) is 44.1 Å². The maximum atomic E-state index is 12.9. The minimum absolute atomic E-state index is 0.00396. The predicted molar refractivity (Wildman–Crippen MR) is 124 cm³/mol. The zero-order chi connectivity index (χ0) is 22.8. The van der Waals surface area contributed by atoms with E-state index in [9.17, 15) is 13.2 Å². The van der Waals surface area contributed by atoms with Crippen LogP contribution in [-0.2, 0) is 21.2 Å². The molecule has 4 heterocycles. The van der Waals surface area contributed by atoms with Crippen LogP contribution in [0.25, 0.3) is 5.69 Å². The third-order valence-corrected chi connectivity index (χ3v) is 9.44. The molecule has 0 bridgehead atoms. The highest BCUT2D eigenvalue weighted by Crippen LogP contribution is 2.28. The SMILES string of the molecule is O=C(Cc1ccc(S(=O)(=O)N2CCCC2)s1)N1CCN(c2nnnn2-c2ccccc2)CC1. The highest BCUT2D eigenvalue weighted by atomic mass is 32.2. The molecule has 0 spiro atoms. The monoisotopic (exact) mass is 487 g/mol. The second-order valence-corrected chi connectivity index (χ2v) is 11.4. The fourth-order valence-corrected chi connectivity index (χ4v) is 7.20. The molecule has 2 aliphatic heterocycles. The van der Waals surface area contributed by atoms with Crippen LogP contribution in [0.5, 0.6) is 0 Å². The van der Waals surface area contributed by atoms with E-state index >= 15 is 0 Å². The molecule has 174 valence electrons. The van der Waals surface area contributed by atoms with E-state index in [1.54, 1.807) is 16.8 Å². The number of carbonyl (C=O) groups is 1. The topological polar surface area (TPSA) is 105 Å². The normalized spacial score (nSPS) is 17.6. The van der Waals surface area contributed by atoms with E-state index in [4.69, 9.17) is 0 Å². The summed E-state index contributed by atoms with van der Waals surface area (Å²) in [4.78, 5) is 17.5. The van der Waals surface area contributed by atoms with Crippen molar-refractivity contribution in [2.75, 3.05) is 44.2 Å². The first-order valence-corrected chi connectivity index (χ1v) is 13.2. The molecule has 0 radical (unpaired) electrons. The van der Waals surface area contributed by atoms with E-state index in [-0.39, 0.29) is 12.3 Å².